The molecule has 5 heteroatoms. The molecule has 0 aliphatic rings. The Kier molecular flexibility index (Phi) is 4.45. The molecule has 0 atom stereocenters. The van der Waals surface area contributed by atoms with Gasteiger partial charge in [0, 0.05) is 22.0 Å². The van der Waals surface area contributed by atoms with Crippen molar-refractivity contribution in [3.63, 3.8) is 0 Å². The molecule has 0 fully saturated rings. The molecule has 0 aliphatic carbocycles. The van der Waals surface area contributed by atoms with Crippen molar-refractivity contribution in [1.29, 1.82) is 5.41 Å². The predicted molar refractivity (Wildman–Crippen MR) is 81.0 cm³/mol. The molecule has 0 saturated carbocycles. The Bertz CT molecular complexity index is 613. The number of aromatic nitrogens is 1. The molecule has 3 nitrogen and oxygen atoms in total. The third kappa shape index (κ3) is 3.72. The summed E-state index contributed by atoms with van der Waals surface area (Å²) in [6, 6.07) is 11.4. The largest absolute Gasteiger partial charge is 0.384 e. The van der Waals surface area contributed by atoms with Gasteiger partial charge in [0.05, 0.1) is 5.03 Å². The highest BCUT2D eigenvalue weighted by Gasteiger charge is 2.05. The minimum absolute atomic E-state index is 0.0603. The van der Waals surface area contributed by atoms with Crippen molar-refractivity contribution < 1.29 is 0 Å². The topological polar surface area (TPSA) is 62.8 Å². The molecule has 0 saturated heterocycles. The summed E-state index contributed by atoms with van der Waals surface area (Å²) in [5.41, 5.74) is 8.14. The average molecular weight is 292 g/mol. The van der Waals surface area contributed by atoms with Crippen LogP contribution in [0.15, 0.2) is 41.4 Å². The lowest BCUT2D eigenvalue weighted by Crippen LogP contribution is -2.11. The normalized spacial score (nSPS) is 10.4. The maximum Gasteiger partial charge on any atom is 0.122 e. The van der Waals surface area contributed by atoms with Crippen LogP contribution < -0.4 is 5.73 Å². The Balaban J connectivity index is 2.16. The van der Waals surface area contributed by atoms with E-state index in [2.05, 4.69) is 4.98 Å². The lowest BCUT2D eigenvalue weighted by atomic mass is 10.2. The number of hydrogen-bond donors (Lipinski definition) is 2. The van der Waals surface area contributed by atoms with E-state index in [1.165, 1.54) is 0 Å². The van der Waals surface area contributed by atoms with E-state index >= 15 is 0 Å². The minimum Gasteiger partial charge on any atom is -0.384 e. The summed E-state index contributed by atoms with van der Waals surface area (Å²) >= 11 is 7.70. The van der Waals surface area contributed by atoms with Crippen LogP contribution in [-0.2, 0) is 5.75 Å². The zero-order valence-corrected chi connectivity index (χ0v) is 12.1. The van der Waals surface area contributed by atoms with Crippen LogP contribution in [0.1, 0.15) is 16.8 Å². The quantitative estimate of drug-likeness (QED) is 0.514. The highest BCUT2D eigenvalue weighted by atomic mass is 35.5. The fourth-order valence-electron chi connectivity index (χ4n) is 1.63. The van der Waals surface area contributed by atoms with E-state index in [1.807, 2.05) is 43.3 Å². The summed E-state index contributed by atoms with van der Waals surface area (Å²) in [6.45, 7) is 1.89. The summed E-state index contributed by atoms with van der Waals surface area (Å²) in [4.78, 5) is 4.43. The first-order chi connectivity index (χ1) is 9.06. The zero-order valence-electron chi connectivity index (χ0n) is 10.5. The van der Waals surface area contributed by atoms with Crippen LogP contribution in [0.25, 0.3) is 0 Å². The Hall–Kier alpha value is -1.52. The maximum atomic E-state index is 7.48. The highest BCUT2D eigenvalue weighted by molar-refractivity contribution is 7.98. The Morgan fingerprint density at radius 2 is 2.11 bits per heavy atom. The van der Waals surface area contributed by atoms with Crippen molar-refractivity contribution in [3.8, 4) is 0 Å². The van der Waals surface area contributed by atoms with Crippen molar-refractivity contribution in [3.05, 3.63) is 58.2 Å². The van der Waals surface area contributed by atoms with Gasteiger partial charge in [-0.1, -0.05) is 29.8 Å². The molecular formula is C14H14ClN3S. The van der Waals surface area contributed by atoms with E-state index in [1.54, 1.807) is 11.8 Å². The lowest BCUT2D eigenvalue weighted by molar-refractivity contribution is 1.06. The summed E-state index contributed by atoms with van der Waals surface area (Å²) < 4.78 is 0. The van der Waals surface area contributed by atoms with Crippen molar-refractivity contribution in [2.24, 2.45) is 5.73 Å². The standard InChI is InChI=1S/C14H14ClN3S/c1-9-6-11(14(16)17)7-13(18-9)19-8-10-4-2-3-5-12(10)15/h2-7H,8H2,1H3,(H3,16,17). The van der Waals surface area contributed by atoms with Crippen LogP contribution in [0.2, 0.25) is 5.02 Å². The summed E-state index contributed by atoms with van der Waals surface area (Å²) in [5.74, 6) is 0.804. The van der Waals surface area contributed by atoms with Crippen LogP contribution in [0.5, 0.6) is 0 Å². The molecule has 1 aromatic heterocycles. The molecule has 2 rings (SSSR count). The molecule has 1 heterocycles. The van der Waals surface area contributed by atoms with Crippen LogP contribution in [0.4, 0.5) is 0 Å². The molecular weight excluding hydrogens is 278 g/mol. The first-order valence-corrected chi connectivity index (χ1v) is 7.12. The number of aryl methyl sites for hydroxylation is 1. The molecule has 19 heavy (non-hydrogen) atoms. The van der Waals surface area contributed by atoms with Crippen LogP contribution in [-0.4, -0.2) is 10.8 Å². The molecule has 0 unspecified atom stereocenters. The van der Waals surface area contributed by atoms with Crippen molar-refractivity contribution >= 4 is 29.2 Å². The van der Waals surface area contributed by atoms with Crippen LogP contribution in [0.3, 0.4) is 0 Å². The number of nitrogen functional groups attached to an aromatic ring is 1. The Morgan fingerprint density at radius 1 is 1.37 bits per heavy atom. The van der Waals surface area contributed by atoms with E-state index in [9.17, 15) is 0 Å². The summed E-state index contributed by atoms with van der Waals surface area (Å²) in [5, 5.41) is 9.09. The second-order valence-corrected chi connectivity index (χ2v) is 5.53. The smallest absolute Gasteiger partial charge is 0.122 e. The fraction of sp³-hybridized carbons (Fsp3) is 0.143. The molecule has 0 spiro atoms. The monoisotopic (exact) mass is 291 g/mol. The van der Waals surface area contributed by atoms with Gasteiger partial charge in [-0.3, -0.25) is 5.41 Å². The molecule has 3 N–H and O–H groups in total. The first-order valence-electron chi connectivity index (χ1n) is 5.75. The second-order valence-electron chi connectivity index (χ2n) is 4.13. The number of nitrogens with one attached hydrogen (secondary N) is 1. The third-order valence-electron chi connectivity index (χ3n) is 2.57. The number of thioether (sulfide) groups is 1. The van der Waals surface area contributed by atoms with Gasteiger partial charge in [0.1, 0.15) is 5.84 Å². The Labute approximate surface area is 121 Å². The van der Waals surface area contributed by atoms with Gasteiger partial charge in [0.15, 0.2) is 0 Å². The average Bonchev–Trinajstić information content (AvgIpc) is 2.37. The maximum absolute atomic E-state index is 7.48. The predicted octanol–water partition coefficient (Wildman–Crippen LogP) is 3.62. The fourth-order valence-corrected chi connectivity index (χ4v) is 2.89. The second kappa shape index (κ2) is 6.08. The van der Waals surface area contributed by atoms with E-state index in [0.717, 1.165) is 27.1 Å². The molecule has 1 aromatic carbocycles. The number of amidine groups is 1. The van der Waals surface area contributed by atoms with Gasteiger partial charge in [0.2, 0.25) is 0 Å². The number of pyridine rings is 1. The SMILES string of the molecule is Cc1cc(C(=N)N)cc(SCc2ccccc2Cl)n1. The molecule has 0 radical (unpaired) electrons. The van der Waals surface area contributed by atoms with E-state index in [0.29, 0.717) is 5.56 Å². The number of nitrogens with two attached hydrogens (primary N) is 1. The van der Waals surface area contributed by atoms with Crippen LogP contribution in [0, 0.1) is 12.3 Å². The van der Waals surface area contributed by atoms with Gasteiger partial charge in [-0.2, -0.15) is 0 Å². The number of benzene rings is 1. The minimum atomic E-state index is 0.0603. The van der Waals surface area contributed by atoms with Gasteiger partial charge in [0.25, 0.3) is 0 Å². The van der Waals surface area contributed by atoms with Crippen molar-refractivity contribution in [2.45, 2.75) is 17.7 Å². The van der Waals surface area contributed by atoms with Crippen molar-refractivity contribution in [1.82, 2.24) is 4.98 Å². The number of halogens is 1. The van der Waals surface area contributed by atoms with E-state index < -0.39 is 0 Å². The molecule has 0 amide bonds. The highest BCUT2D eigenvalue weighted by Crippen LogP contribution is 2.26. The number of hydrogen-bond acceptors (Lipinski definition) is 3. The molecule has 0 aliphatic heterocycles. The van der Waals surface area contributed by atoms with Gasteiger partial charge < -0.3 is 5.73 Å². The molecule has 0 bridgehead atoms. The number of nitrogens with zero attached hydrogens (tertiary/aromatic N) is 1. The van der Waals surface area contributed by atoms with Gasteiger partial charge in [-0.05, 0) is 30.7 Å². The van der Waals surface area contributed by atoms with Gasteiger partial charge >= 0.3 is 0 Å². The summed E-state index contributed by atoms with van der Waals surface area (Å²) in [6.07, 6.45) is 0. The van der Waals surface area contributed by atoms with Crippen LogP contribution >= 0.6 is 23.4 Å². The lowest BCUT2D eigenvalue weighted by Gasteiger charge is -2.06. The van der Waals surface area contributed by atoms with Crippen molar-refractivity contribution in [2.75, 3.05) is 0 Å². The zero-order chi connectivity index (χ0) is 13.8. The first kappa shape index (κ1) is 13.9. The molecule has 98 valence electrons. The Morgan fingerprint density at radius 3 is 2.79 bits per heavy atom. The van der Waals surface area contributed by atoms with Gasteiger partial charge in [-0.15, -0.1) is 11.8 Å². The summed E-state index contributed by atoms with van der Waals surface area (Å²) in [7, 11) is 0. The number of rotatable bonds is 4. The van der Waals surface area contributed by atoms with Gasteiger partial charge in [-0.25, -0.2) is 4.98 Å². The molecule has 2 aromatic rings. The van der Waals surface area contributed by atoms with E-state index in [-0.39, 0.29) is 5.84 Å². The third-order valence-corrected chi connectivity index (χ3v) is 3.90. The van der Waals surface area contributed by atoms with E-state index in [4.69, 9.17) is 22.7 Å².